The molecule has 0 aliphatic heterocycles. The molecule has 4 N–H and O–H groups in total. The molecule has 0 saturated carbocycles. The first-order valence-corrected chi connectivity index (χ1v) is 26.6. The summed E-state index contributed by atoms with van der Waals surface area (Å²) in [6, 6.07) is -1.51. The van der Waals surface area contributed by atoms with E-state index in [1.807, 2.05) is 0 Å². The third kappa shape index (κ3) is 43.1. The summed E-state index contributed by atoms with van der Waals surface area (Å²) in [5.41, 5.74) is 5.27. The molecule has 0 aromatic carbocycles. The van der Waals surface area contributed by atoms with Gasteiger partial charge in [0.25, 0.3) is 0 Å². The van der Waals surface area contributed by atoms with Crippen molar-refractivity contribution in [3.05, 3.63) is 0 Å². The highest BCUT2D eigenvalue weighted by molar-refractivity contribution is 7.47. The number of rotatable bonds is 48. The van der Waals surface area contributed by atoms with Crippen molar-refractivity contribution in [2.45, 2.75) is 270 Å². The molecule has 11 nitrogen and oxygen atoms in total. The zero-order valence-electron chi connectivity index (χ0n) is 38.8. The molecule has 0 radical (unpaired) electrons. The Morgan fingerprint density at radius 3 is 1.08 bits per heavy atom. The fraction of sp³-hybridized carbons (Fsp3) is 0.938. The van der Waals surface area contributed by atoms with Crippen molar-refractivity contribution in [2.24, 2.45) is 5.73 Å². The molecule has 3 atom stereocenters. The van der Waals surface area contributed by atoms with Crippen LogP contribution < -0.4 is 5.73 Å². The number of carboxylic acid groups (broad SMARTS) is 1. The smallest absolute Gasteiger partial charge is 0.472 e. The fourth-order valence-electron chi connectivity index (χ4n) is 7.46. The zero-order valence-corrected chi connectivity index (χ0v) is 39.7. The van der Waals surface area contributed by atoms with Gasteiger partial charge in [-0.15, -0.1) is 0 Å². The van der Waals surface area contributed by atoms with Gasteiger partial charge in [0.05, 0.1) is 13.2 Å². The van der Waals surface area contributed by atoms with E-state index in [1.165, 1.54) is 199 Å². The van der Waals surface area contributed by atoms with Crippen LogP contribution in [0.1, 0.15) is 258 Å². The summed E-state index contributed by atoms with van der Waals surface area (Å²) >= 11 is 0. The van der Waals surface area contributed by atoms with Crippen molar-refractivity contribution in [2.75, 3.05) is 19.8 Å². The normalized spacial score (nSPS) is 13.5. The highest BCUT2D eigenvalue weighted by Crippen LogP contribution is 2.43. The number of hydrogen-bond acceptors (Lipinski definition) is 9. The highest BCUT2D eigenvalue weighted by Gasteiger charge is 2.28. The van der Waals surface area contributed by atoms with E-state index in [1.54, 1.807) is 6.92 Å². The second-order valence-electron chi connectivity index (χ2n) is 17.3. The quantitative estimate of drug-likeness (QED) is 0.0302. The Labute approximate surface area is 367 Å². The number of nitrogens with two attached hydrogens (primary N) is 1. The van der Waals surface area contributed by atoms with Gasteiger partial charge in [0.2, 0.25) is 0 Å². The number of ether oxygens (including phenoxy) is 2. The lowest BCUT2D eigenvalue weighted by atomic mass is 10.0. The van der Waals surface area contributed by atoms with E-state index in [0.717, 1.165) is 19.3 Å². The number of esters is 2. The topological polar surface area (TPSA) is 172 Å². The molecule has 12 heteroatoms. The summed E-state index contributed by atoms with van der Waals surface area (Å²) < 4.78 is 32.0. The SMILES string of the molecule is CCCCCCCCCCCCCCCCCCCCCCCCCCCCCCCCCCCCCC(=O)OC[C@H](COP(=O)(O)OC[C@H](N)C(=O)O)OC(=O)CCC. The molecule has 1 unspecified atom stereocenters. The molecule has 0 amide bonds. The summed E-state index contributed by atoms with van der Waals surface area (Å²) in [7, 11) is -4.68. The Kier molecular flexibility index (Phi) is 43.0. The number of hydrogen-bond donors (Lipinski definition) is 3. The van der Waals surface area contributed by atoms with Gasteiger partial charge in [-0.3, -0.25) is 23.4 Å². The van der Waals surface area contributed by atoms with E-state index < -0.39 is 51.1 Å². The van der Waals surface area contributed by atoms with Crippen LogP contribution in [0.15, 0.2) is 0 Å². The first-order valence-electron chi connectivity index (χ1n) is 25.1. The molecule has 0 saturated heterocycles. The number of phosphoric ester groups is 1. The van der Waals surface area contributed by atoms with Crippen LogP contribution in [0.25, 0.3) is 0 Å². The lowest BCUT2D eigenvalue weighted by Gasteiger charge is -2.20. The number of carbonyl (C=O) groups is 3. The molecular formula is C48H94NO10P. The van der Waals surface area contributed by atoms with E-state index in [9.17, 15) is 23.8 Å². The van der Waals surface area contributed by atoms with E-state index in [0.29, 0.717) is 12.8 Å². The first kappa shape index (κ1) is 58.5. The Balaban J connectivity index is 3.54. The van der Waals surface area contributed by atoms with E-state index in [-0.39, 0.29) is 19.4 Å². The third-order valence-corrected chi connectivity index (χ3v) is 12.3. The second kappa shape index (κ2) is 44.1. The van der Waals surface area contributed by atoms with Crippen molar-refractivity contribution >= 4 is 25.7 Å². The molecule has 0 rings (SSSR count). The molecule has 0 aliphatic rings. The molecule has 0 heterocycles. The molecule has 356 valence electrons. The lowest BCUT2D eigenvalue weighted by molar-refractivity contribution is -0.161. The number of carbonyl (C=O) groups excluding carboxylic acids is 2. The Morgan fingerprint density at radius 2 is 0.767 bits per heavy atom. The van der Waals surface area contributed by atoms with E-state index in [4.69, 9.17) is 24.8 Å². The molecule has 0 spiro atoms. The van der Waals surface area contributed by atoms with E-state index >= 15 is 0 Å². The molecule has 0 bridgehead atoms. The van der Waals surface area contributed by atoms with Gasteiger partial charge in [0.15, 0.2) is 6.10 Å². The van der Waals surface area contributed by atoms with Crippen molar-refractivity contribution < 1.29 is 47.5 Å². The van der Waals surface area contributed by atoms with Crippen LogP contribution in [-0.2, 0) is 37.5 Å². The maximum Gasteiger partial charge on any atom is 0.472 e. The van der Waals surface area contributed by atoms with Gasteiger partial charge in [0.1, 0.15) is 12.6 Å². The number of aliphatic carboxylic acids is 1. The average molecular weight is 876 g/mol. The van der Waals surface area contributed by atoms with Gasteiger partial charge >= 0.3 is 25.7 Å². The van der Waals surface area contributed by atoms with Gasteiger partial charge in [-0.1, -0.05) is 232 Å². The van der Waals surface area contributed by atoms with Gasteiger partial charge < -0.3 is 25.2 Å². The first-order chi connectivity index (χ1) is 29.1. The number of carboxylic acids is 1. The van der Waals surface area contributed by atoms with Crippen LogP contribution in [0.5, 0.6) is 0 Å². The summed E-state index contributed by atoms with van der Waals surface area (Å²) in [5.74, 6) is -2.43. The minimum Gasteiger partial charge on any atom is -0.480 e. The summed E-state index contributed by atoms with van der Waals surface area (Å²) in [5, 5.41) is 8.79. The van der Waals surface area contributed by atoms with Crippen LogP contribution >= 0.6 is 7.82 Å². The van der Waals surface area contributed by atoms with E-state index in [2.05, 4.69) is 11.4 Å². The number of phosphoric acid groups is 1. The Bertz CT molecular complexity index is 1030. The molecule has 0 aromatic rings. The lowest BCUT2D eigenvalue weighted by Crippen LogP contribution is -2.34. The maximum atomic E-state index is 12.3. The van der Waals surface area contributed by atoms with Crippen LogP contribution in [-0.4, -0.2) is 59.9 Å². The average Bonchev–Trinajstić information content (AvgIpc) is 3.22. The second-order valence-corrected chi connectivity index (χ2v) is 18.8. The summed E-state index contributed by atoms with van der Waals surface area (Å²) in [6.45, 7) is 2.40. The predicted octanol–water partition coefficient (Wildman–Crippen LogP) is 13.9. The minimum absolute atomic E-state index is 0.116. The largest absolute Gasteiger partial charge is 0.480 e. The summed E-state index contributed by atoms with van der Waals surface area (Å²) in [6.07, 6.45) is 47.3. The highest BCUT2D eigenvalue weighted by atomic mass is 31.2. The zero-order chi connectivity index (χ0) is 44.2. The predicted molar refractivity (Wildman–Crippen MR) is 245 cm³/mol. The van der Waals surface area contributed by atoms with Crippen LogP contribution in [0.4, 0.5) is 0 Å². The van der Waals surface area contributed by atoms with Gasteiger partial charge in [-0.25, -0.2) is 4.57 Å². The minimum atomic E-state index is -4.68. The fourth-order valence-corrected chi connectivity index (χ4v) is 8.24. The molecule has 60 heavy (non-hydrogen) atoms. The Morgan fingerprint density at radius 1 is 0.450 bits per heavy atom. The summed E-state index contributed by atoms with van der Waals surface area (Å²) in [4.78, 5) is 44.9. The standard InChI is InChI=1S/C48H94NO10P/c1-3-5-6-7-8-9-10-11-12-13-14-15-16-17-18-19-20-21-22-23-24-25-26-27-28-29-30-31-32-33-34-35-36-37-38-40-46(50)56-41-44(59-47(51)39-4-2)42-57-60(54,55)58-43-45(49)48(52)53/h44-45H,3-43,49H2,1-2H3,(H,52,53)(H,54,55)/t44-,45+/m1/s1. The van der Waals surface area contributed by atoms with Crippen LogP contribution in [0.3, 0.4) is 0 Å². The molecule has 0 aromatic heterocycles. The number of unbranched alkanes of at least 4 members (excludes halogenated alkanes) is 34. The molecule has 0 aliphatic carbocycles. The van der Waals surface area contributed by atoms with Crippen molar-refractivity contribution in [3.8, 4) is 0 Å². The van der Waals surface area contributed by atoms with Crippen molar-refractivity contribution in [3.63, 3.8) is 0 Å². The maximum absolute atomic E-state index is 12.3. The molecule has 0 fully saturated rings. The van der Waals surface area contributed by atoms with Gasteiger partial charge in [0, 0.05) is 12.8 Å². The third-order valence-electron chi connectivity index (χ3n) is 11.3. The van der Waals surface area contributed by atoms with Crippen molar-refractivity contribution in [1.82, 2.24) is 0 Å². The monoisotopic (exact) mass is 876 g/mol. The van der Waals surface area contributed by atoms with Crippen LogP contribution in [0, 0.1) is 0 Å². The van der Waals surface area contributed by atoms with Gasteiger partial charge in [-0.2, -0.15) is 0 Å². The van der Waals surface area contributed by atoms with Gasteiger partial charge in [-0.05, 0) is 12.8 Å². The Hall–Kier alpha value is -1.52. The van der Waals surface area contributed by atoms with Crippen molar-refractivity contribution in [1.29, 1.82) is 0 Å². The van der Waals surface area contributed by atoms with Crippen LogP contribution in [0.2, 0.25) is 0 Å². The molecular weight excluding hydrogens is 781 g/mol.